The summed E-state index contributed by atoms with van der Waals surface area (Å²) in [5.41, 5.74) is 1.91. The molecule has 2 rings (SSSR count). The quantitative estimate of drug-likeness (QED) is 0.667. The third-order valence-electron chi connectivity index (χ3n) is 2.45. The lowest BCUT2D eigenvalue weighted by atomic mass is 10.2. The number of hydrogen-bond acceptors (Lipinski definition) is 2. The summed E-state index contributed by atoms with van der Waals surface area (Å²) >= 11 is 13.0. The molecule has 2 nitrogen and oxygen atoms in total. The van der Waals surface area contributed by atoms with E-state index in [0.717, 1.165) is 33.0 Å². The van der Waals surface area contributed by atoms with E-state index in [1.807, 2.05) is 24.3 Å². The van der Waals surface area contributed by atoms with Gasteiger partial charge in [0.25, 0.3) is 0 Å². The summed E-state index contributed by atoms with van der Waals surface area (Å²) in [5, 5.41) is 0.462. The maximum atomic E-state index is 6.13. The SMILES string of the molecule is CCCc1nc(-c2cccc(Br)c2)nc(Cl)c1Br. The summed E-state index contributed by atoms with van der Waals surface area (Å²) in [7, 11) is 0. The van der Waals surface area contributed by atoms with Gasteiger partial charge in [-0.15, -0.1) is 0 Å². The van der Waals surface area contributed by atoms with Gasteiger partial charge in [-0.3, -0.25) is 0 Å². The van der Waals surface area contributed by atoms with Gasteiger partial charge in [-0.2, -0.15) is 0 Å². The Hall–Kier alpha value is -0.450. The summed E-state index contributed by atoms with van der Waals surface area (Å²) in [6.45, 7) is 2.11. The maximum Gasteiger partial charge on any atom is 0.161 e. The Balaban J connectivity index is 2.51. The number of hydrogen-bond donors (Lipinski definition) is 0. The van der Waals surface area contributed by atoms with Crippen molar-refractivity contribution in [3.05, 3.63) is 44.1 Å². The molecular weight excluding hydrogens is 379 g/mol. The predicted molar refractivity (Wildman–Crippen MR) is 81.9 cm³/mol. The summed E-state index contributed by atoms with van der Waals surface area (Å²) in [6, 6.07) is 7.88. The zero-order valence-electron chi connectivity index (χ0n) is 9.75. The third-order valence-corrected chi connectivity index (χ3v) is 4.28. The maximum absolute atomic E-state index is 6.13. The molecule has 94 valence electrons. The molecule has 0 aliphatic carbocycles. The van der Waals surface area contributed by atoms with E-state index in [9.17, 15) is 0 Å². The molecule has 0 saturated heterocycles. The van der Waals surface area contributed by atoms with Crippen LogP contribution in [0.15, 0.2) is 33.2 Å². The Labute approximate surface area is 128 Å². The second-order valence-electron chi connectivity index (χ2n) is 3.86. The highest BCUT2D eigenvalue weighted by Crippen LogP contribution is 2.28. The molecule has 5 heteroatoms. The summed E-state index contributed by atoms with van der Waals surface area (Å²) in [4.78, 5) is 8.88. The number of aromatic nitrogens is 2. The Morgan fingerprint density at radius 2 is 2.00 bits per heavy atom. The number of rotatable bonds is 3. The Bertz CT molecular complexity index is 573. The van der Waals surface area contributed by atoms with Crippen molar-refractivity contribution in [2.24, 2.45) is 0 Å². The van der Waals surface area contributed by atoms with Crippen molar-refractivity contribution in [3.63, 3.8) is 0 Å². The first-order valence-corrected chi connectivity index (χ1v) is 7.56. The second kappa shape index (κ2) is 6.13. The van der Waals surface area contributed by atoms with Crippen LogP contribution in [0, 0.1) is 0 Å². The molecule has 0 aliphatic heterocycles. The van der Waals surface area contributed by atoms with Gasteiger partial charge in [0, 0.05) is 10.0 Å². The van der Waals surface area contributed by atoms with Crippen LogP contribution in [0.3, 0.4) is 0 Å². The Morgan fingerprint density at radius 1 is 1.22 bits per heavy atom. The van der Waals surface area contributed by atoms with Crippen molar-refractivity contribution in [1.29, 1.82) is 0 Å². The topological polar surface area (TPSA) is 25.8 Å². The van der Waals surface area contributed by atoms with Crippen LogP contribution in [0.1, 0.15) is 19.0 Å². The van der Waals surface area contributed by atoms with Crippen LogP contribution < -0.4 is 0 Å². The van der Waals surface area contributed by atoms with Crippen LogP contribution in [0.4, 0.5) is 0 Å². The average Bonchev–Trinajstić information content (AvgIpc) is 2.35. The molecule has 0 unspecified atom stereocenters. The molecule has 0 bridgehead atoms. The minimum atomic E-state index is 0.462. The zero-order valence-corrected chi connectivity index (χ0v) is 13.7. The molecule has 18 heavy (non-hydrogen) atoms. The van der Waals surface area contributed by atoms with Gasteiger partial charge in [0.1, 0.15) is 5.15 Å². The Kier molecular flexibility index (Phi) is 4.76. The van der Waals surface area contributed by atoms with Crippen LogP contribution in [0.25, 0.3) is 11.4 Å². The molecule has 0 radical (unpaired) electrons. The molecule has 1 aromatic heterocycles. The average molecular weight is 391 g/mol. The van der Waals surface area contributed by atoms with Crippen LogP contribution >= 0.6 is 43.5 Å². The smallest absolute Gasteiger partial charge is 0.161 e. The van der Waals surface area contributed by atoms with E-state index in [-0.39, 0.29) is 0 Å². The predicted octanol–water partition coefficient (Wildman–Crippen LogP) is 5.27. The lowest BCUT2D eigenvalue weighted by Crippen LogP contribution is -1.98. The lowest BCUT2D eigenvalue weighted by molar-refractivity contribution is 0.868. The summed E-state index contributed by atoms with van der Waals surface area (Å²) in [5.74, 6) is 0.660. The number of halogens is 3. The molecule has 0 saturated carbocycles. The van der Waals surface area contributed by atoms with Crippen LogP contribution in [0.2, 0.25) is 5.15 Å². The van der Waals surface area contributed by atoms with E-state index in [4.69, 9.17) is 11.6 Å². The van der Waals surface area contributed by atoms with Crippen LogP contribution in [0.5, 0.6) is 0 Å². The molecule has 2 aromatic rings. The van der Waals surface area contributed by atoms with Gasteiger partial charge in [0.05, 0.1) is 10.2 Å². The molecule has 0 amide bonds. The van der Waals surface area contributed by atoms with E-state index >= 15 is 0 Å². The fraction of sp³-hybridized carbons (Fsp3) is 0.231. The van der Waals surface area contributed by atoms with Gasteiger partial charge < -0.3 is 0 Å². The molecule has 0 fully saturated rings. The first-order valence-electron chi connectivity index (χ1n) is 5.59. The second-order valence-corrected chi connectivity index (χ2v) is 5.93. The van der Waals surface area contributed by atoms with E-state index in [1.165, 1.54) is 0 Å². The van der Waals surface area contributed by atoms with Crippen molar-refractivity contribution < 1.29 is 0 Å². The van der Waals surface area contributed by atoms with Crippen LogP contribution in [-0.4, -0.2) is 9.97 Å². The summed E-state index contributed by atoms with van der Waals surface area (Å²) < 4.78 is 1.80. The van der Waals surface area contributed by atoms with Gasteiger partial charge in [-0.25, -0.2) is 9.97 Å². The van der Waals surface area contributed by atoms with Crippen molar-refractivity contribution in [3.8, 4) is 11.4 Å². The molecule has 0 spiro atoms. The van der Waals surface area contributed by atoms with E-state index in [2.05, 4.69) is 48.8 Å². The molecule has 0 atom stereocenters. The minimum absolute atomic E-state index is 0.462. The monoisotopic (exact) mass is 388 g/mol. The molecular formula is C13H11Br2ClN2. The zero-order chi connectivity index (χ0) is 13.1. The highest BCUT2D eigenvalue weighted by Gasteiger charge is 2.11. The molecule has 0 aliphatic rings. The van der Waals surface area contributed by atoms with Crippen LogP contribution in [-0.2, 0) is 6.42 Å². The fourth-order valence-corrected chi connectivity index (χ4v) is 2.59. The summed E-state index contributed by atoms with van der Waals surface area (Å²) in [6.07, 6.45) is 1.90. The standard InChI is InChI=1S/C13H11Br2ClN2/c1-2-4-10-11(15)12(16)18-13(17-10)8-5-3-6-9(14)7-8/h3,5-7H,2,4H2,1H3. The largest absolute Gasteiger partial charge is 0.232 e. The van der Waals surface area contributed by atoms with Gasteiger partial charge >= 0.3 is 0 Å². The van der Waals surface area contributed by atoms with E-state index in [1.54, 1.807) is 0 Å². The minimum Gasteiger partial charge on any atom is -0.232 e. The van der Waals surface area contributed by atoms with Crippen molar-refractivity contribution >= 4 is 43.5 Å². The first kappa shape index (κ1) is 14.0. The van der Waals surface area contributed by atoms with Gasteiger partial charge in [0.2, 0.25) is 0 Å². The third kappa shape index (κ3) is 3.11. The molecule has 1 aromatic carbocycles. The molecule has 1 heterocycles. The Morgan fingerprint density at radius 3 is 2.67 bits per heavy atom. The van der Waals surface area contributed by atoms with E-state index < -0.39 is 0 Å². The number of nitrogens with zero attached hydrogens (tertiary/aromatic N) is 2. The number of aryl methyl sites for hydroxylation is 1. The highest BCUT2D eigenvalue weighted by molar-refractivity contribution is 9.10. The van der Waals surface area contributed by atoms with Crippen molar-refractivity contribution in [2.75, 3.05) is 0 Å². The normalized spacial score (nSPS) is 10.7. The fourth-order valence-electron chi connectivity index (χ4n) is 1.62. The lowest BCUT2D eigenvalue weighted by Gasteiger charge is -2.07. The molecule has 0 N–H and O–H groups in total. The van der Waals surface area contributed by atoms with E-state index in [0.29, 0.717) is 11.0 Å². The van der Waals surface area contributed by atoms with Crippen molar-refractivity contribution in [2.45, 2.75) is 19.8 Å². The van der Waals surface area contributed by atoms with Crippen molar-refractivity contribution in [1.82, 2.24) is 9.97 Å². The van der Waals surface area contributed by atoms with Gasteiger partial charge in [-0.05, 0) is 34.5 Å². The van der Waals surface area contributed by atoms with Gasteiger partial charge in [-0.1, -0.05) is 53.0 Å². The first-order chi connectivity index (χ1) is 8.61. The van der Waals surface area contributed by atoms with Gasteiger partial charge in [0.15, 0.2) is 5.82 Å². The highest BCUT2D eigenvalue weighted by atomic mass is 79.9. The number of benzene rings is 1.